The maximum absolute atomic E-state index is 12.6. The van der Waals surface area contributed by atoms with Crippen molar-refractivity contribution >= 4 is 34.2 Å². The van der Waals surface area contributed by atoms with Crippen molar-refractivity contribution in [2.24, 2.45) is 7.05 Å². The molecule has 0 spiro atoms. The summed E-state index contributed by atoms with van der Waals surface area (Å²) in [6.45, 7) is 4.00. The molecule has 0 fully saturated rings. The highest BCUT2D eigenvalue weighted by Gasteiger charge is 2.13. The zero-order valence-electron chi connectivity index (χ0n) is 21.2. The second-order valence-electron chi connectivity index (χ2n) is 8.26. The van der Waals surface area contributed by atoms with Gasteiger partial charge in [0.2, 0.25) is 0 Å². The number of benzene rings is 3. The highest BCUT2D eigenvalue weighted by atomic mass is 16.2. The van der Waals surface area contributed by atoms with E-state index in [0.717, 1.165) is 28.1 Å². The van der Waals surface area contributed by atoms with Crippen LogP contribution in [0.15, 0.2) is 109 Å². The van der Waals surface area contributed by atoms with Gasteiger partial charge in [-0.15, -0.1) is 0 Å². The number of carbonyl (C=O) groups is 2. The highest BCUT2D eigenvalue weighted by Crippen LogP contribution is 2.27. The zero-order valence-corrected chi connectivity index (χ0v) is 21.2. The average molecular weight is 491 g/mol. The Morgan fingerprint density at radius 1 is 0.811 bits per heavy atom. The quantitative estimate of drug-likeness (QED) is 0.319. The molecule has 6 heteroatoms. The van der Waals surface area contributed by atoms with E-state index in [-0.39, 0.29) is 11.8 Å². The Kier molecular flexibility index (Phi) is 8.11. The summed E-state index contributed by atoms with van der Waals surface area (Å²) in [7, 11) is 1.96. The summed E-state index contributed by atoms with van der Waals surface area (Å²) in [5.41, 5.74) is 5.39. The van der Waals surface area contributed by atoms with Crippen LogP contribution in [0.4, 0.5) is 11.4 Å². The molecule has 0 atom stereocenters. The molecule has 0 radical (unpaired) electrons. The molecule has 0 aliphatic heterocycles. The van der Waals surface area contributed by atoms with Gasteiger partial charge in [0.15, 0.2) is 0 Å². The SMILES string of the molecule is CC.Cn1c(-c2ccc(NC(=O)C3=CC=CC=CC3)cc2)nc2cc(NC(=O)c3ccccc3)ccc21. The van der Waals surface area contributed by atoms with Crippen LogP contribution in [0.1, 0.15) is 30.6 Å². The summed E-state index contributed by atoms with van der Waals surface area (Å²) in [6, 6.07) is 22.4. The highest BCUT2D eigenvalue weighted by molar-refractivity contribution is 6.05. The predicted octanol–water partition coefficient (Wildman–Crippen LogP) is 6.90. The molecule has 2 N–H and O–H groups in total. The Balaban J connectivity index is 0.00000156. The molecule has 37 heavy (non-hydrogen) atoms. The molecule has 5 rings (SSSR count). The Labute approximate surface area is 217 Å². The van der Waals surface area contributed by atoms with Crippen molar-refractivity contribution in [1.29, 1.82) is 0 Å². The minimum absolute atomic E-state index is 0.109. The standard InChI is InChI=1S/C29H24N4O2.C2H6/c1-33-26-18-17-24(31-29(35)22-11-7-4-8-12-22)19-25(26)32-27(33)20-13-15-23(16-14-20)30-28(34)21-9-5-2-3-6-10-21;1-2/h2-9,11-19H,10H2,1H3,(H,30,34)(H,31,35);1-2H3. The first kappa shape index (κ1) is 25.4. The van der Waals surface area contributed by atoms with Gasteiger partial charge in [0.1, 0.15) is 5.82 Å². The minimum Gasteiger partial charge on any atom is -0.327 e. The second-order valence-corrected chi connectivity index (χ2v) is 8.26. The van der Waals surface area contributed by atoms with Gasteiger partial charge in [-0.2, -0.15) is 0 Å². The van der Waals surface area contributed by atoms with Crippen LogP contribution in [-0.4, -0.2) is 21.4 Å². The second kappa shape index (κ2) is 11.8. The third-order valence-corrected chi connectivity index (χ3v) is 5.86. The Hall–Kier alpha value is -4.71. The van der Waals surface area contributed by atoms with E-state index in [9.17, 15) is 9.59 Å². The van der Waals surface area contributed by atoms with Crippen molar-refractivity contribution in [3.8, 4) is 11.4 Å². The van der Waals surface area contributed by atoms with Gasteiger partial charge in [-0.05, 0) is 61.0 Å². The van der Waals surface area contributed by atoms with Gasteiger partial charge >= 0.3 is 0 Å². The summed E-state index contributed by atoms with van der Waals surface area (Å²) in [5.74, 6) is 0.526. The van der Waals surface area contributed by atoms with Crippen LogP contribution in [0, 0.1) is 0 Å². The maximum Gasteiger partial charge on any atom is 0.255 e. The fourth-order valence-electron chi connectivity index (χ4n) is 3.99. The van der Waals surface area contributed by atoms with Crippen LogP contribution < -0.4 is 10.6 Å². The lowest BCUT2D eigenvalue weighted by Gasteiger charge is -2.08. The molecule has 1 aromatic heterocycles. The van der Waals surface area contributed by atoms with Gasteiger partial charge in [0, 0.05) is 35.1 Å². The van der Waals surface area contributed by atoms with Gasteiger partial charge in [-0.1, -0.05) is 62.4 Å². The molecule has 186 valence electrons. The number of aryl methyl sites for hydroxylation is 1. The molecule has 1 aliphatic carbocycles. The Bertz CT molecular complexity index is 1490. The molecule has 6 nitrogen and oxygen atoms in total. The van der Waals surface area contributed by atoms with Crippen molar-refractivity contribution in [2.75, 3.05) is 10.6 Å². The number of nitrogens with one attached hydrogen (secondary N) is 2. The first-order chi connectivity index (χ1) is 18.1. The van der Waals surface area contributed by atoms with E-state index in [4.69, 9.17) is 4.98 Å². The molecule has 0 saturated carbocycles. The van der Waals surface area contributed by atoms with Gasteiger partial charge in [0.05, 0.1) is 11.0 Å². The average Bonchev–Trinajstić information content (AvgIpc) is 3.09. The molecule has 0 bridgehead atoms. The van der Waals surface area contributed by atoms with E-state index < -0.39 is 0 Å². The van der Waals surface area contributed by atoms with E-state index in [1.807, 2.05) is 117 Å². The number of carbonyl (C=O) groups excluding carboxylic acids is 2. The lowest BCUT2D eigenvalue weighted by molar-refractivity contribution is -0.112. The van der Waals surface area contributed by atoms with Crippen LogP contribution >= 0.6 is 0 Å². The van der Waals surface area contributed by atoms with Crippen LogP contribution in [0.2, 0.25) is 0 Å². The molecule has 0 saturated heterocycles. The normalized spacial score (nSPS) is 12.2. The Morgan fingerprint density at radius 3 is 2.27 bits per heavy atom. The molecule has 1 heterocycles. The molecular weight excluding hydrogens is 460 g/mol. The lowest BCUT2D eigenvalue weighted by atomic mass is 10.1. The van der Waals surface area contributed by atoms with Gasteiger partial charge in [-0.3, -0.25) is 9.59 Å². The van der Waals surface area contributed by atoms with Crippen LogP contribution in [0.5, 0.6) is 0 Å². The molecule has 0 unspecified atom stereocenters. The van der Waals surface area contributed by atoms with Crippen molar-refractivity contribution in [3.63, 3.8) is 0 Å². The van der Waals surface area contributed by atoms with Crippen molar-refractivity contribution in [3.05, 3.63) is 114 Å². The summed E-state index contributed by atoms with van der Waals surface area (Å²) in [5, 5.41) is 5.89. The largest absolute Gasteiger partial charge is 0.327 e. The summed E-state index contributed by atoms with van der Waals surface area (Å²) >= 11 is 0. The predicted molar refractivity (Wildman–Crippen MR) is 152 cm³/mol. The number of aromatic nitrogens is 2. The van der Waals surface area contributed by atoms with Crippen LogP contribution in [0.25, 0.3) is 22.4 Å². The van der Waals surface area contributed by atoms with Crippen molar-refractivity contribution in [1.82, 2.24) is 9.55 Å². The van der Waals surface area contributed by atoms with E-state index >= 15 is 0 Å². The summed E-state index contributed by atoms with van der Waals surface area (Å²) < 4.78 is 2.01. The lowest BCUT2D eigenvalue weighted by Crippen LogP contribution is -2.13. The number of fused-ring (bicyclic) bond motifs is 1. The minimum atomic E-state index is -0.162. The number of hydrogen-bond acceptors (Lipinski definition) is 3. The third kappa shape index (κ3) is 5.93. The number of imidazole rings is 1. The number of amides is 2. The number of allylic oxidation sites excluding steroid dienone is 5. The van der Waals surface area contributed by atoms with Gasteiger partial charge < -0.3 is 15.2 Å². The van der Waals surface area contributed by atoms with Gasteiger partial charge in [0.25, 0.3) is 11.8 Å². The van der Waals surface area contributed by atoms with E-state index in [2.05, 4.69) is 10.6 Å². The number of anilines is 2. The van der Waals surface area contributed by atoms with Crippen LogP contribution in [0.3, 0.4) is 0 Å². The van der Waals surface area contributed by atoms with Gasteiger partial charge in [-0.25, -0.2) is 4.98 Å². The molecular formula is C31H30N4O2. The molecule has 2 amide bonds. The number of rotatable bonds is 5. The topological polar surface area (TPSA) is 76.0 Å². The zero-order chi connectivity index (χ0) is 26.2. The summed E-state index contributed by atoms with van der Waals surface area (Å²) in [4.78, 5) is 29.8. The number of hydrogen-bond donors (Lipinski definition) is 2. The van der Waals surface area contributed by atoms with E-state index in [1.54, 1.807) is 12.1 Å². The third-order valence-electron chi connectivity index (χ3n) is 5.86. The number of nitrogens with zero attached hydrogens (tertiary/aromatic N) is 2. The Morgan fingerprint density at radius 2 is 1.51 bits per heavy atom. The first-order valence-electron chi connectivity index (χ1n) is 12.4. The smallest absolute Gasteiger partial charge is 0.255 e. The molecule has 3 aromatic carbocycles. The van der Waals surface area contributed by atoms with Crippen molar-refractivity contribution < 1.29 is 9.59 Å². The van der Waals surface area contributed by atoms with Crippen molar-refractivity contribution in [2.45, 2.75) is 20.3 Å². The maximum atomic E-state index is 12.6. The summed E-state index contributed by atoms with van der Waals surface area (Å²) in [6.07, 6.45) is 10.1. The monoisotopic (exact) mass is 490 g/mol. The first-order valence-corrected chi connectivity index (χ1v) is 12.4. The molecule has 1 aliphatic rings. The molecule has 4 aromatic rings. The van der Waals surface area contributed by atoms with E-state index in [0.29, 0.717) is 23.2 Å². The van der Waals surface area contributed by atoms with Crippen LogP contribution in [-0.2, 0) is 11.8 Å². The fourth-order valence-corrected chi connectivity index (χ4v) is 3.99. The fraction of sp³-hybridized carbons (Fsp3) is 0.129. The van der Waals surface area contributed by atoms with E-state index in [1.165, 1.54) is 0 Å².